The van der Waals surface area contributed by atoms with E-state index < -0.39 is 6.61 Å². The van der Waals surface area contributed by atoms with Crippen molar-refractivity contribution in [3.8, 4) is 5.75 Å². The van der Waals surface area contributed by atoms with Crippen molar-refractivity contribution in [1.29, 1.82) is 0 Å². The summed E-state index contributed by atoms with van der Waals surface area (Å²) >= 11 is 0. The first-order chi connectivity index (χ1) is 10.9. The number of hydrogen-bond acceptors (Lipinski definition) is 3. The molecule has 0 aromatic heterocycles. The van der Waals surface area contributed by atoms with Gasteiger partial charge in [-0.25, -0.2) is 0 Å². The molecule has 1 aromatic rings. The Morgan fingerprint density at radius 2 is 1.87 bits per heavy atom. The molecule has 1 N–H and O–H groups in total. The van der Waals surface area contributed by atoms with Gasteiger partial charge in [-0.05, 0) is 43.0 Å². The molecule has 128 valence electrons. The molecule has 0 aliphatic carbocycles. The minimum absolute atomic E-state index is 0.118. The SMILES string of the molecule is CC(C)CC(=O)NC1CCN(c2ccc(OC(F)F)cc2)CC1. The molecule has 1 amide bonds. The van der Waals surface area contributed by atoms with Gasteiger partial charge in [0.1, 0.15) is 5.75 Å². The molecule has 23 heavy (non-hydrogen) atoms. The van der Waals surface area contributed by atoms with Gasteiger partial charge >= 0.3 is 6.61 Å². The molecule has 0 atom stereocenters. The number of anilines is 1. The molecule has 0 bridgehead atoms. The van der Waals surface area contributed by atoms with Crippen LogP contribution >= 0.6 is 0 Å². The van der Waals surface area contributed by atoms with Crippen molar-refractivity contribution >= 4 is 11.6 Å². The summed E-state index contributed by atoms with van der Waals surface area (Å²) in [4.78, 5) is 14.0. The Morgan fingerprint density at radius 3 is 2.39 bits per heavy atom. The third kappa shape index (κ3) is 5.69. The first-order valence-electron chi connectivity index (χ1n) is 8.03. The van der Waals surface area contributed by atoms with Crippen LogP contribution in [0.2, 0.25) is 0 Å². The largest absolute Gasteiger partial charge is 0.435 e. The van der Waals surface area contributed by atoms with E-state index in [4.69, 9.17) is 0 Å². The summed E-state index contributed by atoms with van der Waals surface area (Å²) in [5.74, 6) is 0.649. The van der Waals surface area contributed by atoms with E-state index >= 15 is 0 Å². The number of amides is 1. The molecule has 1 fully saturated rings. The number of carbonyl (C=O) groups excluding carboxylic acids is 1. The average Bonchev–Trinajstić information content (AvgIpc) is 2.47. The highest BCUT2D eigenvalue weighted by molar-refractivity contribution is 5.76. The monoisotopic (exact) mass is 326 g/mol. The Balaban J connectivity index is 1.81. The highest BCUT2D eigenvalue weighted by Gasteiger charge is 2.21. The number of benzene rings is 1. The maximum absolute atomic E-state index is 12.1. The second-order valence-electron chi connectivity index (χ2n) is 6.30. The lowest BCUT2D eigenvalue weighted by Crippen LogP contribution is -2.44. The third-order valence-electron chi connectivity index (χ3n) is 3.88. The Bertz CT molecular complexity index is 498. The highest BCUT2D eigenvalue weighted by Crippen LogP contribution is 2.23. The maximum atomic E-state index is 12.1. The lowest BCUT2D eigenvalue weighted by molar-refractivity contribution is -0.122. The van der Waals surface area contributed by atoms with Crippen LogP contribution in [0.15, 0.2) is 24.3 Å². The normalized spacial score (nSPS) is 16.0. The van der Waals surface area contributed by atoms with Crippen LogP contribution in [-0.4, -0.2) is 31.7 Å². The number of halogens is 2. The molecule has 1 aromatic carbocycles. The predicted octanol–water partition coefficient (Wildman–Crippen LogP) is 3.42. The molecule has 1 aliphatic heterocycles. The molecule has 4 nitrogen and oxygen atoms in total. The lowest BCUT2D eigenvalue weighted by atomic mass is 10.0. The van der Waals surface area contributed by atoms with E-state index in [1.165, 1.54) is 0 Å². The number of alkyl halides is 2. The average molecular weight is 326 g/mol. The maximum Gasteiger partial charge on any atom is 0.387 e. The molecule has 0 saturated carbocycles. The van der Waals surface area contributed by atoms with E-state index in [-0.39, 0.29) is 17.7 Å². The van der Waals surface area contributed by atoms with Crippen molar-refractivity contribution in [2.24, 2.45) is 5.92 Å². The Morgan fingerprint density at radius 1 is 1.26 bits per heavy atom. The van der Waals surface area contributed by atoms with Crippen molar-refractivity contribution in [2.45, 2.75) is 45.8 Å². The lowest BCUT2D eigenvalue weighted by Gasteiger charge is -2.34. The van der Waals surface area contributed by atoms with Crippen LogP contribution in [-0.2, 0) is 4.79 Å². The molecule has 1 aliphatic rings. The molecular formula is C17H24F2N2O2. The van der Waals surface area contributed by atoms with Crippen molar-refractivity contribution in [3.05, 3.63) is 24.3 Å². The fourth-order valence-electron chi connectivity index (χ4n) is 2.78. The van der Waals surface area contributed by atoms with Crippen molar-refractivity contribution in [1.82, 2.24) is 5.32 Å². The molecule has 0 radical (unpaired) electrons. The van der Waals surface area contributed by atoms with Gasteiger partial charge in [0.2, 0.25) is 5.91 Å². The number of nitrogens with zero attached hydrogens (tertiary/aromatic N) is 1. The topological polar surface area (TPSA) is 41.6 Å². The summed E-state index contributed by atoms with van der Waals surface area (Å²) in [7, 11) is 0. The van der Waals surface area contributed by atoms with Crippen LogP contribution in [0.5, 0.6) is 5.75 Å². The Labute approximate surface area is 135 Å². The number of piperidine rings is 1. The van der Waals surface area contributed by atoms with Gasteiger partial charge in [-0.1, -0.05) is 13.8 Å². The molecule has 0 spiro atoms. The van der Waals surface area contributed by atoms with Crippen LogP contribution in [0.25, 0.3) is 0 Å². The van der Waals surface area contributed by atoms with Crippen LogP contribution < -0.4 is 15.0 Å². The zero-order valence-corrected chi connectivity index (χ0v) is 13.6. The van der Waals surface area contributed by atoms with Crippen LogP contribution in [0, 0.1) is 5.92 Å². The van der Waals surface area contributed by atoms with Crippen molar-refractivity contribution in [3.63, 3.8) is 0 Å². The smallest absolute Gasteiger partial charge is 0.387 e. The number of rotatable bonds is 6. The number of hydrogen-bond donors (Lipinski definition) is 1. The summed E-state index contributed by atoms with van der Waals surface area (Å²) in [6, 6.07) is 6.90. The Hall–Kier alpha value is -1.85. The molecule has 1 heterocycles. The summed E-state index contributed by atoms with van der Waals surface area (Å²) in [6.45, 7) is 2.93. The van der Waals surface area contributed by atoms with Gasteiger partial charge in [0.05, 0.1) is 0 Å². The van der Waals surface area contributed by atoms with Crippen LogP contribution in [0.1, 0.15) is 33.1 Å². The Kier molecular flexibility index (Phi) is 6.19. The fraction of sp³-hybridized carbons (Fsp3) is 0.588. The quantitative estimate of drug-likeness (QED) is 0.871. The third-order valence-corrected chi connectivity index (χ3v) is 3.88. The first-order valence-corrected chi connectivity index (χ1v) is 8.03. The molecule has 2 rings (SSSR count). The summed E-state index contributed by atoms with van der Waals surface area (Å²) in [5.41, 5.74) is 0.985. The minimum atomic E-state index is -2.80. The zero-order valence-electron chi connectivity index (χ0n) is 13.6. The van der Waals surface area contributed by atoms with Gasteiger partial charge in [0, 0.05) is 31.2 Å². The first kappa shape index (κ1) is 17.5. The van der Waals surface area contributed by atoms with E-state index in [1.807, 2.05) is 13.8 Å². The van der Waals surface area contributed by atoms with E-state index in [2.05, 4.69) is 15.0 Å². The molecule has 1 saturated heterocycles. The van der Waals surface area contributed by atoms with Gasteiger partial charge < -0.3 is 15.0 Å². The van der Waals surface area contributed by atoms with E-state index in [9.17, 15) is 13.6 Å². The molecule has 6 heteroatoms. The molecule has 0 unspecified atom stereocenters. The van der Waals surface area contributed by atoms with Gasteiger partial charge in [-0.3, -0.25) is 4.79 Å². The summed E-state index contributed by atoms with van der Waals surface area (Å²) < 4.78 is 28.6. The van der Waals surface area contributed by atoms with Gasteiger partial charge in [0.25, 0.3) is 0 Å². The van der Waals surface area contributed by atoms with Gasteiger partial charge in [-0.2, -0.15) is 8.78 Å². The number of ether oxygens (including phenoxy) is 1. The second kappa shape index (κ2) is 8.13. The van der Waals surface area contributed by atoms with Gasteiger partial charge in [0.15, 0.2) is 0 Å². The second-order valence-corrected chi connectivity index (χ2v) is 6.30. The van der Waals surface area contributed by atoms with E-state index in [1.54, 1.807) is 24.3 Å². The summed E-state index contributed by atoms with van der Waals surface area (Å²) in [6.07, 6.45) is 2.34. The number of nitrogens with one attached hydrogen (secondary N) is 1. The van der Waals surface area contributed by atoms with Crippen LogP contribution in [0.3, 0.4) is 0 Å². The van der Waals surface area contributed by atoms with E-state index in [0.717, 1.165) is 31.6 Å². The zero-order chi connectivity index (χ0) is 16.8. The predicted molar refractivity (Wildman–Crippen MR) is 85.9 cm³/mol. The van der Waals surface area contributed by atoms with Gasteiger partial charge in [-0.15, -0.1) is 0 Å². The van der Waals surface area contributed by atoms with E-state index in [0.29, 0.717) is 12.3 Å². The standard InChI is InChI=1S/C17H24F2N2O2/c1-12(2)11-16(22)20-13-7-9-21(10-8-13)14-3-5-15(6-4-14)23-17(18)19/h3-6,12-13,17H,7-11H2,1-2H3,(H,20,22). The minimum Gasteiger partial charge on any atom is -0.435 e. The van der Waals surface area contributed by atoms with Crippen molar-refractivity contribution in [2.75, 3.05) is 18.0 Å². The summed E-state index contributed by atoms with van der Waals surface area (Å²) in [5, 5.41) is 3.08. The van der Waals surface area contributed by atoms with Crippen LogP contribution in [0.4, 0.5) is 14.5 Å². The fourth-order valence-corrected chi connectivity index (χ4v) is 2.78. The van der Waals surface area contributed by atoms with Crippen molar-refractivity contribution < 1.29 is 18.3 Å². The molecular weight excluding hydrogens is 302 g/mol. The number of carbonyl (C=O) groups is 1. The highest BCUT2D eigenvalue weighted by atomic mass is 19.3.